The summed E-state index contributed by atoms with van der Waals surface area (Å²) in [5, 5.41) is 0. The number of ether oxygens (including phenoxy) is 1. The Hall–Kier alpha value is 0.557. The first-order valence-electron chi connectivity index (χ1n) is 1.28. The van der Waals surface area contributed by atoms with E-state index >= 15 is 0 Å². The SMILES string of the molecule is [CH2]OCC.[LiH]. The van der Waals surface area contributed by atoms with E-state index in [9.17, 15) is 0 Å². The standard InChI is InChI=1S/C3H7O.Li.H/c1-3-4-2;;/h2-3H2,1H3;;. The Morgan fingerprint density at radius 3 is 2.00 bits per heavy atom. The third kappa shape index (κ3) is 12.3. The van der Waals surface area contributed by atoms with Crippen LogP contribution in [0.2, 0.25) is 0 Å². The van der Waals surface area contributed by atoms with Crippen LogP contribution in [0.4, 0.5) is 0 Å². The third-order valence-corrected chi connectivity index (χ3v) is 0.204. The second-order valence-electron chi connectivity index (χ2n) is 0.493. The number of rotatable bonds is 1. The van der Waals surface area contributed by atoms with E-state index in [0.717, 1.165) is 0 Å². The maximum atomic E-state index is 4.29. The van der Waals surface area contributed by atoms with Gasteiger partial charge in [0.2, 0.25) is 0 Å². The Balaban J connectivity index is 0. The quantitative estimate of drug-likeness (QED) is 0.397. The molecule has 27 valence electrons. The molecule has 0 rings (SSSR count). The van der Waals surface area contributed by atoms with Crippen LogP contribution < -0.4 is 0 Å². The van der Waals surface area contributed by atoms with E-state index in [1.807, 2.05) is 6.92 Å². The molecule has 0 aliphatic carbocycles. The molecule has 1 nitrogen and oxygen atoms in total. The van der Waals surface area contributed by atoms with Crippen LogP contribution in [0.5, 0.6) is 0 Å². The Morgan fingerprint density at radius 2 is 2.00 bits per heavy atom. The van der Waals surface area contributed by atoms with Gasteiger partial charge in [-0.05, 0) is 6.92 Å². The van der Waals surface area contributed by atoms with Gasteiger partial charge in [0.1, 0.15) is 0 Å². The van der Waals surface area contributed by atoms with E-state index in [1.165, 1.54) is 0 Å². The van der Waals surface area contributed by atoms with Crippen molar-refractivity contribution < 1.29 is 4.74 Å². The molecule has 0 saturated heterocycles. The monoisotopic (exact) mass is 67.1 g/mol. The zero-order valence-electron chi connectivity index (χ0n) is 2.82. The summed E-state index contributed by atoms with van der Waals surface area (Å²) in [7, 11) is 3.10. The molecule has 0 heterocycles. The number of hydrogen-bond acceptors (Lipinski definition) is 1. The molecular weight excluding hydrogens is 59.0 g/mol. The Labute approximate surface area is 44.9 Å². The average molecular weight is 67.0 g/mol. The second-order valence-corrected chi connectivity index (χ2v) is 0.493. The van der Waals surface area contributed by atoms with E-state index in [4.69, 9.17) is 0 Å². The van der Waals surface area contributed by atoms with Crippen LogP contribution >= 0.6 is 0 Å². The molecule has 0 spiro atoms. The first-order chi connectivity index (χ1) is 1.91. The molecule has 0 amide bonds. The van der Waals surface area contributed by atoms with Gasteiger partial charge in [-0.25, -0.2) is 0 Å². The van der Waals surface area contributed by atoms with Crippen molar-refractivity contribution in [3.63, 3.8) is 0 Å². The van der Waals surface area contributed by atoms with E-state index in [2.05, 4.69) is 11.8 Å². The second kappa shape index (κ2) is 8.82. The molecule has 0 saturated carbocycles. The molecule has 2 heteroatoms. The molecule has 0 aliphatic heterocycles. The van der Waals surface area contributed by atoms with Gasteiger partial charge in [-0.1, -0.05) is 0 Å². The average Bonchev–Trinajstić information content (AvgIpc) is 1.37. The summed E-state index contributed by atoms with van der Waals surface area (Å²) in [5.74, 6) is 0. The predicted molar refractivity (Wildman–Crippen MR) is 24.1 cm³/mol. The van der Waals surface area contributed by atoms with Crippen LogP contribution in [0.15, 0.2) is 0 Å². The van der Waals surface area contributed by atoms with Crippen LogP contribution in [-0.2, 0) is 4.74 Å². The van der Waals surface area contributed by atoms with Crippen molar-refractivity contribution in [1.82, 2.24) is 0 Å². The maximum absolute atomic E-state index is 4.29. The van der Waals surface area contributed by atoms with Crippen LogP contribution in [-0.4, -0.2) is 25.5 Å². The molecule has 5 heavy (non-hydrogen) atoms. The summed E-state index contributed by atoms with van der Waals surface area (Å²) in [5.41, 5.74) is 0. The van der Waals surface area contributed by atoms with Crippen LogP contribution in [0.3, 0.4) is 0 Å². The van der Waals surface area contributed by atoms with Crippen molar-refractivity contribution in [2.75, 3.05) is 6.61 Å². The normalized spacial score (nSPS) is 6.00. The first kappa shape index (κ1) is 9.12. The molecular formula is C3H8LiO. The van der Waals surface area contributed by atoms with E-state index in [1.54, 1.807) is 0 Å². The Morgan fingerprint density at radius 1 is 1.80 bits per heavy atom. The van der Waals surface area contributed by atoms with Gasteiger partial charge >= 0.3 is 18.9 Å². The molecule has 1 radical (unpaired) electrons. The van der Waals surface area contributed by atoms with E-state index in [-0.39, 0.29) is 18.9 Å². The van der Waals surface area contributed by atoms with Crippen LogP contribution in [0, 0.1) is 7.11 Å². The molecule has 0 aromatic heterocycles. The van der Waals surface area contributed by atoms with Crippen molar-refractivity contribution in [3.8, 4) is 0 Å². The molecule has 0 N–H and O–H groups in total. The van der Waals surface area contributed by atoms with Gasteiger partial charge in [0.25, 0.3) is 0 Å². The zero-order valence-corrected chi connectivity index (χ0v) is 2.82. The fraction of sp³-hybridized carbons (Fsp3) is 0.667. The van der Waals surface area contributed by atoms with Gasteiger partial charge < -0.3 is 4.74 Å². The first-order valence-corrected chi connectivity index (χ1v) is 1.28. The summed E-state index contributed by atoms with van der Waals surface area (Å²) >= 11 is 0. The third-order valence-electron chi connectivity index (χ3n) is 0.204. The summed E-state index contributed by atoms with van der Waals surface area (Å²) in [4.78, 5) is 0. The topological polar surface area (TPSA) is 9.23 Å². The van der Waals surface area contributed by atoms with Crippen molar-refractivity contribution in [2.45, 2.75) is 6.92 Å². The van der Waals surface area contributed by atoms with Crippen LogP contribution in [0.25, 0.3) is 0 Å². The van der Waals surface area contributed by atoms with Gasteiger partial charge in [-0.3, -0.25) is 0 Å². The van der Waals surface area contributed by atoms with Crippen molar-refractivity contribution in [3.05, 3.63) is 7.11 Å². The Bertz CT molecular complexity index is 8.85. The molecule has 0 aromatic rings. The van der Waals surface area contributed by atoms with Gasteiger partial charge in [-0.2, -0.15) is 0 Å². The Kier molecular flexibility index (Phi) is 16.1. The fourth-order valence-electron chi connectivity index (χ4n) is 0. The van der Waals surface area contributed by atoms with E-state index < -0.39 is 0 Å². The van der Waals surface area contributed by atoms with Gasteiger partial charge in [0.15, 0.2) is 0 Å². The van der Waals surface area contributed by atoms with E-state index in [0.29, 0.717) is 6.61 Å². The minimum atomic E-state index is 0. The van der Waals surface area contributed by atoms with Gasteiger partial charge in [0.05, 0.1) is 7.11 Å². The molecule has 0 fully saturated rings. The summed E-state index contributed by atoms with van der Waals surface area (Å²) in [6.45, 7) is 2.60. The van der Waals surface area contributed by atoms with Crippen LogP contribution in [0.1, 0.15) is 6.92 Å². The fourth-order valence-corrected chi connectivity index (χ4v) is 0. The predicted octanol–water partition coefficient (Wildman–Crippen LogP) is 0.166. The molecule has 0 atom stereocenters. The van der Waals surface area contributed by atoms with Crippen molar-refractivity contribution in [2.24, 2.45) is 0 Å². The molecule has 0 unspecified atom stereocenters. The van der Waals surface area contributed by atoms with Crippen molar-refractivity contribution >= 4 is 18.9 Å². The van der Waals surface area contributed by atoms with Gasteiger partial charge in [0, 0.05) is 6.61 Å². The van der Waals surface area contributed by atoms with Crippen molar-refractivity contribution in [1.29, 1.82) is 0 Å². The molecule has 0 aromatic carbocycles. The summed E-state index contributed by atoms with van der Waals surface area (Å²) in [6.07, 6.45) is 0. The summed E-state index contributed by atoms with van der Waals surface area (Å²) < 4.78 is 4.29. The molecule has 0 aliphatic rings. The number of hydrogen-bond donors (Lipinski definition) is 0. The zero-order chi connectivity index (χ0) is 3.41. The molecule has 0 bridgehead atoms. The van der Waals surface area contributed by atoms with Gasteiger partial charge in [-0.15, -0.1) is 0 Å². The minimum absolute atomic E-state index is 0. The summed E-state index contributed by atoms with van der Waals surface area (Å²) in [6, 6.07) is 0.